The first-order valence-electron chi connectivity index (χ1n) is 6.19. The van der Waals surface area contributed by atoms with Crippen molar-refractivity contribution in [2.75, 3.05) is 13.1 Å². The van der Waals surface area contributed by atoms with Gasteiger partial charge in [0.1, 0.15) is 6.29 Å². The van der Waals surface area contributed by atoms with Crippen molar-refractivity contribution in [1.29, 1.82) is 0 Å². The van der Waals surface area contributed by atoms with Crippen molar-refractivity contribution < 1.29 is 14.7 Å². The van der Waals surface area contributed by atoms with Crippen molar-refractivity contribution in [3.05, 3.63) is 35.4 Å². The number of nitrogens with zero attached hydrogens (tertiary/aromatic N) is 1. The number of aromatic carboxylic acids is 1. The molecule has 0 atom stereocenters. The lowest BCUT2D eigenvalue weighted by molar-refractivity contribution is -0.112. The summed E-state index contributed by atoms with van der Waals surface area (Å²) in [6.07, 6.45) is 2.91. The topological polar surface area (TPSA) is 57.6 Å². The molecular formula is C14H17NO3. The van der Waals surface area contributed by atoms with Crippen LogP contribution in [0.25, 0.3) is 0 Å². The first kappa shape index (κ1) is 12.8. The predicted molar refractivity (Wildman–Crippen MR) is 67.5 cm³/mol. The van der Waals surface area contributed by atoms with Crippen molar-refractivity contribution in [2.24, 2.45) is 5.92 Å². The maximum Gasteiger partial charge on any atom is 0.335 e. The van der Waals surface area contributed by atoms with Crippen LogP contribution in [0.5, 0.6) is 0 Å². The van der Waals surface area contributed by atoms with Gasteiger partial charge < -0.3 is 9.90 Å². The van der Waals surface area contributed by atoms with E-state index in [1.165, 1.54) is 0 Å². The highest BCUT2D eigenvalue weighted by molar-refractivity contribution is 5.87. The molecule has 1 aliphatic heterocycles. The molecule has 96 valence electrons. The lowest BCUT2D eigenvalue weighted by Crippen LogP contribution is -2.33. The van der Waals surface area contributed by atoms with E-state index in [4.69, 9.17) is 5.11 Å². The van der Waals surface area contributed by atoms with Gasteiger partial charge in [0, 0.05) is 12.5 Å². The smallest absolute Gasteiger partial charge is 0.335 e. The van der Waals surface area contributed by atoms with Crippen LogP contribution in [0.3, 0.4) is 0 Å². The predicted octanol–water partition coefficient (Wildman–Crippen LogP) is 1.80. The third-order valence-electron chi connectivity index (χ3n) is 3.43. The molecule has 1 aromatic carbocycles. The molecule has 1 aliphatic rings. The van der Waals surface area contributed by atoms with E-state index in [0.717, 1.165) is 44.3 Å². The van der Waals surface area contributed by atoms with Gasteiger partial charge in [-0.3, -0.25) is 4.90 Å². The van der Waals surface area contributed by atoms with Gasteiger partial charge in [-0.25, -0.2) is 4.79 Å². The number of carbonyl (C=O) groups excluding carboxylic acids is 1. The van der Waals surface area contributed by atoms with E-state index in [9.17, 15) is 9.59 Å². The monoisotopic (exact) mass is 247 g/mol. The normalized spacial score (nSPS) is 17.6. The Kier molecular flexibility index (Phi) is 4.10. The lowest BCUT2D eigenvalue weighted by Gasteiger charge is -2.29. The highest BCUT2D eigenvalue weighted by Crippen LogP contribution is 2.17. The molecule has 1 fully saturated rings. The van der Waals surface area contributed by atoms with Crippen LogP contribution in [-0.4, -0.2) is 35.4 Å². The summed E-state index contributed by atoms with van der Waals surface area (Å²) in [4.78, 5) is 23.7. The average molecular weight is 247 g/mol. The summed E-state index contributed by atoms with van der Waals surface area (Å²) >= 11 is 0. The summed E-state index contributed by atoms with van der Waals surface area (Å²) in [5, 5.41) is 8.81. The van der Waals surface area contributed by atoms with Crippen LogP contribution in [0.4, 0.5) is 0 Å². The van der Waals surface area contributed by atoms with E-state index in [1.807, 2.05) is 12.1 Å². The van der Waals surface area contributed by atoms with Gasteiger partial charge in [0.25, 0.3) is 0 Å². The Hall–Kier alpha value is -1.68. The van der Waals surface area contributed by atoms with Crippen LogP contribution in [0.2, 0.25) is 0 Å². The molecule has 0 unspecified atom stereocenters. The first-order valence-corrected chi connectivity index (χ1v) is 6.19. The zero-order valence-corrected chi connectivity index (χ0v) is 10.2. The van der Waals surface area contributed by atoms with E-state index < -0.39 is 5.97 Å². The van der Waals surface area contributed by atoms with Gasteiger partial charge in [0.2, 0.25) is 0 Å². The highest BCUT2D eigenvalue weighted by atomic mass is 16.4. The van der Waals surface area contributed by atoms with E-state index in [2.05, 4.69) is 4.90 Å². The van der Waals surface area contributed by atoms with Gasteiger partial charge in [-0.2, -0.15) is 0 Å². The maximum absolute atomic E-state index is 10.7. The Bertz CT molecular complexity index is 419. The molecular weight excluding hydrogens is 230 g/mol. The Labute approximate surface area is 106 Å². The minimum atomic E-state index is -0.895. The molecule has 0 bridgehead atoms. The summed E-state index contributed by atoms with van der Waals surface area (Å²) in [7, 11) is 0. The van der Waals surface area contributed by atoms with E-state index in [1.54, 1.807) is 12.1 Å². The Morgan fingerprint density at radius 2 is 1.89 bits per heavy atom. The second-order valence-electron chi connectivity index (χ2n) is 4.75. The SMILES string of the molecule is O=CC1CCN(Cc2ccc(C(=O)O)cc2)CC1. The summed E-state index contributed by atoms with van der Waals surface area (Å²) in [6.45, 7) is 2.69. The molecule has 1 N–H and O–H groups in total. The molecule has 4 heteroatoms. The highest BCUT2D eigenvalue weighted by Gasteiger charge is 2.18. The number of likely N-dealkylation sites (tertiary alicyclic amines) is 1. The Morgan fingerprint density at radius 3 is 2.39 bits per heavy atom. The fraction of sp³-hybridized carbons (Fsp3) is 0.429. The minimum Gasteiger partial charge on any atom is -0.478 e. The fourth-order valence-electron chi connectivity index (χ4n) is 2.26. The largest absolute Gasteiger partial charge is 0.478 e. The number of hydrogen-bond donors (Lipinski definition) is 1. The standard InChI is InChI=1S/C14H17NO3/c16-10-12-5-7-15(8-6-12)9-11-1-3-13(4-2-11)14(17)18/h1-4,10,12H,5-9H2,(H,17,18). The third-order valence-corrected chi connectivity index (χ3v) is 3.43. The number of hydrogen-bond acceptors (Lipinski definition) is 3. The number of carbonyl (C=O) groups is 2. The molecule has 0 radical (unpaired) electrons. The second-order valence-corrected chi connectivity index (χ2v) is 4.75. The number of carboxylic acid groups (broad SMARTS) is 1. The number of aldehydes is 1. The zero-order chi connectivity index (χ0) is 13.0. The molecule has 0 amide bonds. The van der Waals surface area contributed by atoms with Gasteiger partial charge in [-0.15, -0.1) is 0 Å². The first-order chi connectivity index (χ1) is 8.69. The molecule has 1 aromatic rings. The van der Waals surface area contributed by atoms with Crippen LogP contribution in [0.1, 0.15) is 28.8 Å². The van der Waals surface area contributed by atoms with Crippen molar-refractivity contribution in [1.82, 2.24) is 4.90 Å². The van der Waals surface area contributed by atoms with Gasteiger partial charge in [-0.05, 0) is 43.6 Å². The van der Waals surface area contributed by atoms with Crippen LogP contribution >= 0.6 is 0 Å². The molecule has 0 aliphatic carbocycles. The number of rotatable bonds is 4. The summed E-state index contributed by atoms with van der Waals surface area (Å²) < 4.78 is 0. The van der Waals surface area contributed by atoms with Crippen LogP contribution < -0.4 is 0 Å². The van der Waals surface area contributed by atoms with Gasteiger partial charge in [-0.1, -0.05) is 12.1 Å². The van der Waals surface area contributed by atoms with Crippen LogP contribution in [0.15, 0.2) is 24.3 Å². The molecule has 0 spiro atoms. The Balaban J connectivity index is 1.90. The van der Waals surface area contributed by atoms with Crippen molar-refractivity contribution in [2.45, 2.75) is 19.4 Å². The fourth-order valence-corrected chi connectivity index (χ4v) is 2.26. The molecule has 18 heavy (non-hydrogen) atoms. The quantitative estimate of drug-likeness (QED) is 0.824. The number of piperidine rings is 1. The zero-order valence-electron chi connectivity index (χ0n) is 10.2. The van der Waals surface area contributed by atoms with Gasteiger partial charge >= 0.3 is 5.97 Å². The summed E-state index contributed by atoms with van der Waals surface area (Å²) in [5.41, 5.74) is 1.43. The molecule has 2 rings (SSSR count). The van der Waals surface area contributed by atoms with E-state index in [-0.39, 0.29) is 5.92 Å². The van der Waals surface area contributed by atoms with Crippen LogP contribution in [-0.2, 0) is 11.3 Å². The van der Waals surface area contributed by atoms with Gasteiger partial charge in [0.15, 0.2) is 0 Å². The van der Waals surface area contributed by atoms with Crippen molar-refractivity contribution in [3.63, 3.8) is 0 Å². The molecule has 1 saturated heterocycles. The molecule has 4 nitrogen and oxygen atoms in total. The summed E-state index contributed by atoms with van der Waals surface area (Å²) in [6, 6.07) is 6.98. The van der Waals surface area contributed by atoms with Crippen molar-refractivity contribution >= 4 is 12.3 Å². The second kappa shape index (κ2) is 5.78. The van der Waals surface area contributed by atoms with Crippen molar-refractivity contribution in [3.8, 4) is 0 Å². The molecule has 0 saturated carbocycles. The molecule has 1 heterocycles. The van der Waals surface area contributed by atoms with E-state index >= 15 is 0 Å². The van der Waals surface area contributed by atoms with Crippen LogP contribution in [0, 0.1) is 5.92 Å². The maximum atomic E-state index is 10.7. The molecule has 0 aromatic heterocycles. The van der Waals surface area contributed by atoms with Gasteiger partial charge in [0.05, 0.1) is 5.56 Å². The summed E-state index contributed by atoms with van der Waals surface area (Å²) in [5.74, 6) is -0.677. The lowest BCUT2D eigenvalue weighted by atomic mass is 9.98. The average Bonchev–Trinajstić information content (AvgIpc) is 2.40. The van der Waals surface area contributed by atoms with E-state index in [0.29, 0.717) is 5.56 Å². The number of carboxylic acids is 1. The minimum absolute atomic E-state index is 0.218. The Morgan fingerprint density at radius 1 is 1.28 bits per heavy atom. The third kappa shape index (κ3) is 3.17. The number of benzene rings is 1.